The van der Waals surface area contributed by atoms with Crippen molar-refractivity contribution in [2.75, 3.05) is 12.0 Å². The Bertz CT molecular complexity index is 825. The van der Waals surface area contributed by atoms with Crippen molar-refractivity contribution >= 4 is 18.3 Å². The molecule has 0 bridgehead atoms. The highest BCUT2D eigenvalue weighted by Gasteiger charge is 2.34. The third kappa shape index (κ3) is 4.03. The number of amides is 1. The van der Waals surface area contributed by atoms with Crippen LogP contribution in [-0.4, -0.2) is 40.4 Å². The topological polar surface area (TPSA) is 91.0 Å². The van der Waals surface area contributed by atoms with Crippen molar-refractivity contribution in [2.24, 2.45) is 5.10 Å². The average molecular weight is 370 g/mol. The first-order valence-electron chi connectivity index (χ1n) is 9.12. The van der Waals surface area contributed by atoms with Crippen LogP contribution in [0, 0.1) is 0 Å². The summed E-state index contributed by atoms with van der Waals surface area (Å²) in [5.41, 5.74) is 3.43. The number of carbonyl (C=O) groups is 1. The van der Waals surface area contributed by atoms with Gasteiger partial charge in [-0.15, -0.1) is 0 Å². The summed E-state index contributed by atoms with van der Waals surface area (Å²) in [7, 11) is 0. The number of piperidine rings is 1. The maximum absolute atomic E-state index is 13.2. The molecular formula is C20H26N4O3. The summed E-state index contributed by atoms with van der Waals surface area (Å²) in [6.45, 7) is 9.37. The average Bonchev–Trinajstić information content (AvgIpc) is 3.13. The van der Waals surface area contributed by atoms with Gasteiger partial charge in [0.25, 0.3) is 5.91 Å². The molecule has 1 aromatic carbocycles. The Morgan fingerprint density at radius 3 is 2.81 bits per heavy atom. The van der Waals surface area contributed by atoms with Gasteiger partial charge in [0.2, 0.25) is 0 Å². The number of carbonyl (C=O) groups excluding carboxylic acids is 1. The van der Waals surface area contributed by atoms with Crippen LogP contribution in [0.4, 0.5) is 5.69 Å². The molecule has 27 heavy (non-hydrogen) atoms. The summed E-state index contributed by atoms with van der Waals surface area (Å²) in [6, 6.07) is 9.18. The number of nitrogens with zero attached hydrogens (tertiary/aromatic N) is 3. The first-order valence-corrected chi connectivity index (χ1v) is 9.12. The van der Waals surface area contributed by atoms with Crippen molar-refractivity contribution in [2.45, 2.75) is 51.2 Å². The third-order valence-corrected chi connectivity index (χ3v) is 5.06. The predicted octanol–water partition coefficient (Wildman–Crippen LogP) is 3.34. The smallest absolute Gasteiger partial charge is 0.256 e. The normalized spacial score (nSPS) is 20.4. The molecule has 1 unspecified atom stereocenters. The molecule has 1 amide bonds. The molecule has 7 heteroatoms. The maximum Gasteiger partial charge on any atom is 0.256 e. The molecule has 2 N–H and O–H groups in total. The van der Waals surface area contributed by atoms with E-state index in [2.05, 4.69) is 29.3 Å². The van der Waals surface area contributed by atoms with Crippen LogP contribution in [0.15, 0.2) is 40.0 Å². The minimum Gasteiger partial charge on any atom is -0.384 e. The van der Waals surface area contributed by atoms with Gasteiger partial charge >= 0.3 is 0 Å². The van der Waals surface area contributed by atoms with Crippen molar-refractivity contribution in [3.05, 3.63) is 47.3 Å². The second kappa shape index (κ2) is 7.52. The van der Waals surface area contributed by atoms with Crippen LogP contribution in [-0.2, 0) is 5.60 Å². The lowest BCUT2D eigenvalue weighted by atomic mass is 9.90. The number of hydrogen-bond donors (Lipinski definition) is 2. The van der Waals surface area contributed by atoms with Crippen LogP contribution in [0.3, 0.4) is 0 Å². The van der Waals surface area contributed by atoms with Crippen LogP contribution in [0.1, 0.15) is 61.3 Å². The van der Waals surface area contributed by atoms with Gasteiger partial charge in [-0.3, -0.25) is 10.2 Å². The molecule has 0 aliphatic carbocycles. The lowest BCUT2D eigenvalue weighted by molar-refractivity contribution is 0.0596. The van der Waals surface area contributed by atoms with E-state index in [-0.39, 0.29) is 17.9 Å². The summed E-state index contributed by atoms with van der Waals surface area (Å²) in [5.74, 6) is 0.698. The zero-order valence-corrected chi connectivity index (χ0v) is 16.0. The minimum atomic E-state index is -1.05. The lowest BCUT2D eigenvalue weighted by Crippen LogP contribution is -2.45. The van der Waals surface area contributed by atoms with Gasteiger partial charge in [0.15, 0.2) is 0 Å². The van der Waals surface area contributed by atoms with E-state index in [1.807, 2.05) is 17.0 Å². The van der Waals surface area contributed by atoms with Crippen LogP contribution in [0.5, 0.6) is 0 Å². The standard InChI is InChI=1S/C20H26N4O3/c1-13-9-10-14(17-11-18(23-27-17)20(2,3)26)12-24(13)19(25)15-7-5-6-8-16(15)22-21-4/h5-8,11,13-14,22,26H,4,9-10,12H2,1-3H3/t13-,14?/m1/s1. The number of rotatable bonds is 5. The molecule has 3 rings (SSSR count). The van der Waals surface area contributed by atoms with Crippen LogP contribution < -0.4 is 5.43 Å². The number of likely N-dealkylation sites (tertiary alicyclic amines) is 1. The van der Waals surface area contributed by atoms with Gasteiger partial charge in [-0.05, 0) is 45.7 Å². The molecule has 0 spiro atoms. The summed E-state index contributed by atoms with van der Waals surface area (Å²) in [5, 5.41) is 17.8. The molecule has 0 radical (unpaired) electrons. The highest BCUT2D eigenvalue weighted by molar-refractivity contribution is 5.99. The molecule has 1 aliphatic rings. The van der Waals surface area contributed by atoms with Crippen molar-refractivity contribution < 1.29 is 14.4 Å². The number of anilines is 1. The van der Waals surface area contributed by atoms with E-state index in [9.17, 15) is 9.90 Å². The number of aromatic nitrogens is 1. The van der Waals surface area contributed by atoms with Crippen molar-refractivity contribution in [3.63, 3.8) is 0 Å². The van der Waals surface area contributed by atoms with E-state index >= 15 is 0 Å². The minimum absolute atomic E-state index is 0.0476. The fourth-order valence-electron chi connectivity index (χ4n) is 3.40. The monoisotopic (exact) mass is 370 g/mol. The van der Waals surface area contributed by atoms with Gasteiger partial charge in [0, 0.05) is 31.3 Å². The van der Waals surface area contributed by atoms with Gasteiger partial charge < -0.3 is 14.5 Å². The van der Waals surface area contributed by atoms with Crippen LogP contribution >= 0.6 is 0 Å². The molecule has 0 saturated carbocycles. The Balaban J connectivity index is 1.82. The largest absolute Gasteiger partial charge is 0.384 e. The van der Waals surface area contributed by atoms with E-state index < -0.39 is 5.60 Å². The van der Waals surface area contributed by atoms with Crippen molar-refractivity contribution in [1.29, 1.82) is 0 Å². The number of hydrazone groups is 1. The zero-order chi connectivity index (χ0) is 19.6. The first-order chi connectivity index (χ1) is 12.8. The Morgan fingerprint density at radius 2 is 2.15 bits per heavy atom. The third-order valence-electron chi connectivity index (χ3n) is 5.06. The summed E-state index contributed by atoms with van der Waals surface area (Å²) in [6.07, 6.45) is 1.77. The van der Waals surface area contributed by atoms with Crippen molar-refractivity contribution in [3.8, 4) is 0 Å². The lowest BCUT2D eigenvalue weighted by Gasteiger charge is -2.37. The second-order valence-electron chi connectivity index (χ2n) is 7.57. The highest BCUT2D eigenvalue weighted by atomic mass is 16.5. The van der Waals surface area contributed by atoms with E-state index in [1.165, 1.54) is 0 Å². The van der Waals surface area contributed by atoms with Gasteiger partial charge in [0.1, 0.15) is 17.1 Å². The molecule has 1 aromatic heterocycles. The van der Waals surface area contributed by atoms with Crippen molar-refractivity contribution in [1.82, 2.24) is 10.1 Å². The number of nitrogens with one attached hydrogen (secondary N) is 1. The number of aliphatic hydroxyl groups is 1. The van der Waals surface area contributed by atoms with Gasteiger partial charge in [-0.25, -0.2) is 0 Å². The molecule has 2 aromatic rings. The molecule has 1 saturated heterocycles. The van der Waals surface area contributed by atoms with Gasteiger partial charge in [-0.2, -0.15) is 5.10 Å². The Hall–Kier alpha value is -2.67. The Morgan fingerprint density at radius 1 is 1.41 bits per heavy atom. The van der Waals surface area contributed by atoms with Crippen LogP contribution in [0.25, 0.3) is 0 Å². The number of hydrogen-bond acceptors (Lipinski definition) is 6. The van der Waals surface area contributed by atoms with E-state index in [1.54, 1.807) is 32.0 Å². The molecule has 1 fully saturated rings. The first kappa shape index (κ1) is 19.1. The quantitative estimate of drug-likeness (QED) is 0.622. The maximum atomic E-state index is 13.2. The molecule has 1 aliphatic heterocycles. The second-order valence-corrected chi connectivity index (χ2v) is 7.57. The fourth-order valence-corrected chi connectivity index (χ4v) is 3.40. The Labute approximate surface area is 159 Å². The van der Waals surface area contributed by atoms with E-state index in [0.717, 1.165) is 12.8 Å². The SMILES string of the molecule is C=NNc1ccccc1C(=O)N1CC(c2cc(C(C)(C)O)no2)CC[C@H]1C. The fraction of sp³-hybridized carbons (Fsp3) is 0.450. The van der Waals surface area contributed by atoms with E-state index in [4.69, 9.17) is 4.52 Å². The number of benzene rings is 1. The predicted molar refractivity (Wildman–Crippen MR) is 104 cm³/mol. The van der Waals surface area contributed by atoms with Crippen LogP contribution in [0.2, 0.25) is 0 Å². The Kier molecular flexibility index (Phi) is 5.32. The zero-order valence-electron chi connectivity index (χ0n) is 16.0. The summed E-state index contributed by atoms with van der Waals surface area (Å²) >= 11 is 0. The molecule has 144 valence electrons. The summed E-state index contributed by atoms with van der Waals surface area (Å²) < 4.78 is 5.48. The molecule has 2 heterocycles. The number of para-hydroxylation sites is 1. The summed E-state index contributed by atoms with van der Waals surface area (Å²) in [4.78, 5) is 15.0. The van der Waals surface area contributed by atoms with Gasteiger partial charge in [0.05, 0.1) is 11.3 Å². The highest BCUT2D eigenvalue weighted by Crippen LogP contribution is 2.33. The van der Waals surface area contributed by atoms with Gasteiger partial charge in [-0.1, -0.05) is 17.3 Å². The van der Waals surface area contributed by atoms with E-state index in [0.29, 0.717) is 29.2 Å². The molecule has 2 atom stereocenters. The molecule has 7 nitrogen and oxygen atoms in total. The molecular weight excluding hydrogens is 344 g/mol.